The van der Waals surface area contributed by atoms with E-state index in [-0.39, 0.29) is 0 Å². The van der Waals surface area contributed by atoms with Crippen molar-refractivity contribution in [2.45, 2.75) is 39.7 Å². The number of alkyl carbamates (subject to hydrolysis) is 1. The number of nitrogens with zero attached hydrogens (tertiary/aromatic N) is 1. The number of ether oxygens (including phenoxy) is 1. The molecule has 0 aliphatic carbocycles. The Kier molecular flexibility index (Phi) is 5.98. The number of benzene rings is 1. The number of aryl methyl sites for hydroxylation is 1. The summed E-state index contributed by atoms with van der Waals surface area (Å²) in [6.45, 7) is 7.97. The van der Waals surface area contributed by atoms with E-state index in [1.807, 2.05) is 58.0 Å². The average Bonchev–Trinajstić information content (AvgIpc) is 2.36. The maximum atomic E-state index is 11.4. The summed E-state index contributed by atoms with van der Waals surface area (Å²) in [4.78, 5) is 11.4. The smallest absolute Gasteiger partial charge is 0.407 e. The third-order valence-electron chi connectivity index (χ3n) is 2.60. The van der Waals surface area contributed by atoms with Crippen LogP contribution in [0.4, 0.5) is 4.79 Å². The Morgan fingerprint density at radius 2 is 2.14 bits per heavy atom. The second-order valence-electron chi connectivity index (χ2n) is 5.82. The van der Waals surface area contributed by atoms with Gasteiger partial charge in [0, 0.05) is 6.54 Å². The van der Waals surface area contributed by atoms with Crippen LogP contribution in [-0.4, -0.2) is 18.2 Å². The molecule has 0 atom stereocenters. The van der Waals surface area contributed by atoms with Crippen LogP contribution in [-0.2, 0) is 4.74 Å². The van der Waals surface area contributed by atoms with E-state index in [1.54, 1.807) is 0 Å². The molecule has 0 unspecified atom stereocenters. The Balaban J connectivity index is 2.45. The first-order chi connectivity index (χ1) is 9.81. The van der Waals surface area contributed by atoms with Crippen molar-refractivity contribution in [2.75, 3.05) is 6.54 Å². The maximum absolute atomic E-state index is 11.4. The minimum atomic E-state index is -0.483. The molecule has 1 N–H and O–H groups in total. The standard InChI is InChI=1S/C17H22N2O2/c1-13-8-9-15(12-18)14(11-13)7-5-6-10-19-16(20)21-17(2,3)4/h5,7-9,11H,6,10H2,1-4H3,(H,19,20). The zero-order valence-electron chi connectivity index (χ0n) is 13.1. The Morgan fingerprint density at radius 1 is 1.43 bits per heavy atom. The summed E-state index contributed by atoms with van der Waals surface area (Å²) in [7, 11) is 0. The molecule has 1 aromatic rings. The van der Waals surface area contributed by atoms with Gasteiger partial charge in [0.15, 0.2) is 0 Å². The average molecular weight is 286 g/mol. The predicted octanol–water partition coefficient (Wildman–Crippen LogP) is 3.79. The van der Waals surface area contributed by atoms with Crippen molar-refractivity contribution in [1.29, 1.82) is 5.26 Å². The molecule has 0 aromatic heterocycles. The summed E-state index contributed by atoms with van der Waals surface area (Å²) in [5, 5.41) is 11.7. The molecule has 0 fully saturated rings. The van der Waals surface area contributed by atoms with Gasteiger partial charge in [-0.05, 0) is 45.7 Å². The number of carbonyl (C=O) groups is 1. The number of rotatable bonds is 4. The highest BCUT2D eigenvalue weighted by Gasteiger charge is 2.15. The Morgan fingerprint density at radius 3 is 2.76 bits per heavy atom. The second kappa shape index (κ2) is 7.49. The van der Waals surface area contributed by atoms with Crippen LogP contribution in [0.3, 0.4) is 0 Å². The first-order valence-electron chi connectivity index (χ1n) is 6.96. The molecule has 21 heavy (non-hydrogen) atoms. The molecule has 0 aliphatic rings. The van der Waals surface area contributed by atoms with Crippen molar-refractivity contribution in [1.82, 2.24) is 5.32 Å². The molecule has 112 valence electrons. The van der Waals surface area contributed by atoms with Crippen molar-refractivity contribution in [3.63, 3.8) is 0 Å². The zero-order chi connectivity index (χ0) is 15.9. The van der Waals surface area contributed by atoms with Crippen molar-refractivity contribution in [3.05, 3.63) is 41.0 Å². The lowest BCUT2D eigenvalue weighted by Crippen LogP contribution is -2.32. The van der Waals surface area contributed by atoms with Crippen LogP contribution in [0.1, 0.15) is 43.9 Å². The van der Waals surface area contributed by atoms with E-state index in [4.69, 9.17) is 10.00 Å². The van der Waals surface area contributed by atoms with Crippen LogP contribution in [0, 0.1) is 18.3 Å². The topological polar surface area (TPSA) is 62.1 Å². The Hall–Kier alpha value is -2.28. The highest BCUT2D eigenvalue weighted by molar-refractivity contribution is 5.67. The fourth-order valence-electron chi connectivity index (χ4n) is 1.70. The summed E-state index contributed by atoms with van der Waals surface area (Å²) in [5.41, 5.74) is 2.18. The highest BCUT2D eigenvalue weighted by Crippen LogP contribution is 2.13. The molecule has 4 nitrogen and oxygen atoms in total. The van der Waals surface area contributed by atoms with Crippen LogP contribution in [0.15, 0.2) is 24.3 Å². The highest BCUT2D eigenvalue weighted by atomic mass is 16.6. The Labute approximate surface area is 126 Å². The molecule has 1 aromatic carbocycles. The molecule has 1 rings (SSSR count). The van der Waals surface area contributed by atoms with Gasteiger partial charge in [0.1, 0.15) is 5.60 Å². The minimum absolute atomic E-state index is 0.413. The van der Waals surface area contributed by atoms with Gasteiger partial charge in [0.2, 0.25) is 0 Å². The third kappa shape index (κ3) is 6.62. The first-order valence-corrected chi connectivity index (χ1v) is 6.96. The second-order valence-corrected chi connectivity index (χ2v) is 5.82. The van der Waals surface area contributed by atoms with Gasteiger partial charge in [-0.2, -0.15) is 5.26 Å². The van der Waals surface area contributed by atoms with E-state index in [0.29, 0.717) is 18.5 Å². The molecule has 0 bridgehead atoms. The fourth-order valence-corrected chi connectivity index (χ4v) is 1.70. The number of hydrogen-bond acceptors (Lipinski definition) is 3. The molecule has 4 heteroatoms. The molecular weight excluding hydrogens is 264 g/mol. The van der Waals surface area contributed by atoms with E-state index >= 15 is 0 Å². The molecule has 0 aliphatic heterocycles. The number of nitrogens with one attached hydrogen (secondary N) is 1. The quantitative estimate of drug-likeness (QED) is 0.856. The molecule has 1 amide bonds. The van der Waals surface area contributed by atoms with Crippen LogP contribution in [0.5, 0.6) is 0 Å². The lowest BCUT2D eigenvalue weighted by atomic mass is 10.0. The molecule has 0 heterocycles. The van der Waals surface area contributed by atoms with E-state index in [1.165, 1.54) is 0 Å². The van der Waals surface area contributed by atoms with Gasteiger partial charge in [-0.25, -0.2) is 4.79 Å². The third-order valence-corrected chi connectivity index (χ3v) is 2.60. The van der Waals surface area contributed by atoms with Crippen LogP contribution in [0.25, 0.3) is 6.08 Å². The van der Waals surface area contributed by atoms with Crippen LogP contribution < -0.4 is 5.32 Å². The maximum Gasteiger partial charge on any atom is 0.407 e. The molecule has 0 radical (unpaired) electrons. The van der Waals surface area contributed by atoms with E-state index < -0.39 is 11.7 Å². The van der Waals surface area contributed by atoms with Crippen molar-refractivity contribution in [2.24, 2.45) is 0 Å². The normalized spacial score (nSPS) is 11.2. The van der Waals surface area contributed by atoms with Gasteiger partial charge in [-0.1, -0.05) is 29.8 Å². The number of amides is 1. The van der Waals surface area contributed by atoms with E-state index in [0.717, 1.165) is 11.1 Å². The van der Waals surface area contributed by atoms with Gasteiger partial charge in [0.25, 0.3) is 0 Å². The van der Waals surface area contributed by atoms with Gasteiger partial charge in [-0.3, -0.25) is 0 Å². The predicted molar refractivity (Wildman–Crippen MR) is 83.8 cm³/mol. The van der Waals surface area contributed by atoms with Gasteiger partial charge < -0.3 is 10.1 Å². The zero-order valence-corrected chi connectivity index (χ0v) is 13.1. The summed E-state index contributed by atoms with van der Waals surface area (Å²) < 4.78 is 5.14. The lowest BCUT2D eigenvalue weighted by molar-refractivity contribution is 0.0529. The van der Waals surface area contributed by atoms with Crippen molar-refractivity contribution < 1.29 is 9.53 Å². The molecular formula is C17H22N2O2. The van der Waals surface area contributed by atoms with Gasteiger partial charge in [0.05, 0.1) is 11.6 Å². The SMILES string of the molecule is Cc1ccc(C#N)c(C=CCCNC(=O)OC(C)(C)C)c1. The van der Waals surface area contributed by atoms with Crippen LogP contribution >= 0.6 is 0 Å². The largest absolute Gasteiger partial charge is 0.444 e. The molecule has 0 saturated carbocycles. The monoisotopic (exact) mass is 286 g/mol. The summed E-state index contributed by atoms with van der Waals surface area (Å²) in [6.07, 6.45) is 4.11. The number of nitriles is 1. The first kappa shape index (κ1) is 16.8. The number of carbonyl (C=O) groups excluding carboxylic acids is 1. The molecule has 0 spiro atoms. The van der Waals surface area contributed by atoms with Crippen LogP contribution in [0.2, 0.25) is 0 Å². The van der Waals surface area contributed by atoms with Gasteiger partial charge in [-0.15, -0.1) is 0 Å². The summed E-state index contributed by atoms with van der Waals surface area (Å²) in [6, 6.07) is 7.87. The van der Waals surface area contributed by atoms with Crippen molar-refractivity contribution in [3.8, 4) is 6.07 Å². The van der Waals surface area contributed by atoms with E-state index in [9.17, 15) is 4.79 Å². The Bertz CT molecular complexity index is 563. The lowest BCUT2D eigenvalue weighted by Gasteiger charge is -2.19. The summed E-state index contributed by atoms with van der Waals surface area (Å²) in [5.74, 6) is 0. The molecule has 0 saturated heterocycles. The fraction of sp³-hybridized carbons (Fsp3) is 0.412. The van der Waals surface area contributed by atoms with E-state index in [2.05, 4.69) is 11.4 Å². The minimum Gasteiger partial charge on any atom is -0.444 e. The summed E-state index contributed by atoms with van der Waals surface area (Å²) >= 11 is 0. The van der Waals surface area contributed by atoms with Crippen molar-refractivity contribution >= 4 is 12.2 Å². The number of hydrogen-bond donors (Lipinski definition) is 1. The van der Waals surface area contributed by atoms with Gasteiger partial charge >= 0.3 is 6.09 Å².